The summed E-state index contributed by atoms with van der Waals surface area (Å²) in [7, 11) is 2.15. The van der Waals surface area contributed by atoms with Crippen molar-refractivity contribution in [1.29, 1.82) is 0 Å². The Morgan fingerprint density at radius 1 is 1.75 bits per heavy atom. The summed E-state index contributed by atoms with van der Waals surface area (Å²) in [5, 5.41) is 1.46. The van der Waals surface area contributed by atoms with E-state index in [0.29, 0.717) is 0 Å². The largest absolute Gasteiger partial charge is 0.228 e. The highest BCUT2D eigenvalue weighted by Crippen LogP contribution is 2.14. The van der Waals surface area contributed by atoms with Crippen molar-refractivity contribution in [2.75, 3.05) is 12.8 Å². The van der Waals surface area contributed by atoms with Crippen molar-refractivity contribution in [2.24, 2.45) is 0 Å². The zero-order valence-electron chi connectivity index (χ0n) is 5.64. The van der Waals surface area contributed by atoms with Crippen LogP contribution in [0.4, 0.5) is 0 Å². The number of nitrogens with zero attached hydrogens (tertiary/aromatic N) is 1. The lowest BCUT2D eigenvalue weighted by molar-refractivity contribution is -0.522. The van der Waals surface area contributed by atoms with Gasteiger partial charge in [-0.2, -0.15) is 0 Å². The van der Waals surface area contributed by atoms with Crippen molar-refractivity contribution in [2.45, 2.75) is 19.9 Å². The van der Waals surface area contributed by atoms with Crippen LogP contribution in [-0.4, -0.2) is 28.5 Å². The standard InChI is InChI=1S/C6H12NS/c1-5-4-8-6(2)7(5)3/h5H,4H2,1-3H3/q+1/t5-/m0/s1. The summed E-state index contributed by atoms with van der Waals surface area (Å²) in [6, 6.07) is 0.750. The Morgan fingerprint density at radius 3 is 2.50 bits per heavy atom. The first-order valence-electron chi connectivity index (χ1n) is 2.91. The highest BCUT2D eigenvalue weighted by molar-refractivity contribution is 8.13. The SMILES string of the molecule is CC1=[N+](C)[C@@H](C)CS1. The Labute approximate surface area is 54.8 Å². The van der Waals surface area contributed by atoms with Crippen molar-refractivity contribution >= 4 is 16.8 Å². The molecule has 0 N–H and O–H groups in total. The summed E-state index contributed by atoms with van der Waals surface area (Å²) in [5.74, 6) is 1.27. The molecule has 0 unspecified atom stereocenters. The molecule has 1 atom stereocenters. The average Bonchev–Trinajstić information content (AvgIpc) is 1.98. The van der Waals surface area contributed by atoms with Gasteiger partial charge in [-0.25, -0.2) is 4.58 Å². The van der Waals surface area contributed by atoms with Crippen LogP contribution in [0.25, 0.3) is 0 Å². The third-order valence-electron chi connectivity index (χ3n) is 1.69. The molecule has 0 saturated carbocycles. The fourth-order valence-corrected chi connectivity index (χ4v) is 1.85. The molecule has 0 aromatic carbocycles. The molecule has 46 valence electrons. The molecule has 0 fully saturated rings. The van der Waals surface area contributed by atoms with Crippen LogP contribution in [-0.2, 0) is 0 Å². The number of hydrogen-bond acceptors (Lipinski definition) is 1. The minimum absolute atomic E-state index is 0.750. The minimum Gasteiger partial charge on any atom is -0.228 e. The molecule has 1 heterocycles. The Bertz CT molecular complexity index is 128. The molecule has 0 radical (unpaired) electrons. The van der Waals surface area contributed by atoms with Crippen molar-refractivity contribution in [1.82, 2.24) is 0 Å². The van der Waals surface area contributed by atoms with Gasteiger partial charge in [0, 0.05) is 6.92 Å². The topological polar surface area (TPSA) is 3.01 Å². The smallest absolute Gasteiger partial charge is 0.207 e. The van der Waals surface area contributed by atoms with E-state index >= 15 is 0 Å². The van der Waals surface area contributed by atoms with Crippen LogP contribution >= 0.6 is 11.8 Å². The van der Waals surface area contributed by atoms with Gasteiger partial charge >= 0.3 is 0 Å². The maximum absolute atomic E-state index is 2.32. The minimum atomic E-state index is 0.750. The Balaban J connectivity index is 2.71. The summed E-state index contributed by atoms with van der Waals surface area (Å²) in [5.41, 5.74) is 0. The quantitative estimate of drug-likeness (QED) is 0.445. The fraction of sp³-hybridized carbons (Fsp3) is 0.833. The molecule has 0 spiro atoms. The Hall–Kier alpha value is 0.0200. The molecule has 0 aromatic rings. The van der Waals surface area contributed by atoms with Gasteiger partial charge in [-0.3, -0.25) is 0 Å². The Morgan fingerprint density at radius 2 is 2.38 bits per heavy atom. The van der Waals surface area contributed by atoms with E-state index in [1.54, 1.807) is 0 Å². The molecule has 1 aliphatic heterocycles. The second-order valence-corrected chi connectivity index (χ2v) is 3.50. The summed E-state index contributed by atoms with van der Waals surface area (Å²) in [4.78, 5) is 0. The van der Waals surface area contributed by atoms with Gasteiger partial charge in [-0.15, -0.1) is 0 Å². The van der Waals surface area contributed by atoms with E-state index in [9.17, 15) is 0 Å². The molecule has 0 amide bonds. The molecule has 1 aliphatic rings. The lowest BCUT2D eigenvalue weighted by Crippen LogP contribution is -2.17. The molecule has 1 nitrogen and oxygen atoms in total. The summed E-state index contributed by atoms with van der Waals surface area (Å²) in [6.07, 6.45) is 0. The highest BCUT2D eigenvalue weighted by Gasteiger charge is 2.22. The van der Waals surface area contributed by atoms with E-state index in [4.69, 9.17) is 0 Å². The van der Waals surface area contributed by atoms with E-state index < -0.39 is 0 Å². The van der Waals surface area contributed by atoms with Gasteiger partial charge in [-0.05, 0) is 6.92 Å². The van der Waals surface area contributed by atoms with Crippen LogP contribution in [0, 0.1) is 0 Å². The van der Waals surface area contributed by atoms with E-state index in [1.807, 2.05) is 11.8 Å². The molecule has 0 aromatic heterocycles. The van der Waals surface area contributed by atoms with Crippen molar-refractivity contribution in [3.8, 4) is 0 Å². The second kappa shape index (κ2) is 2.09. The van der Waals surface area contributed by atoms with Gasteiger partial charge in [0.15, 0.2) is 6.04 Å². The zero-order chi connectivity index (χ0) is 6.15. The Kier molecular flexibility index (Phi) is 1.61. The van der Waals surface area contributed by atoms with E-state index in [-0.39, 0.29) is 0 Å². The molecular weight excluding hydrogens is 118 g/mol. The monoisotopic (exact) mass is 130 g/mol. The molecular formula is C6H12NS+. The first-order chi connectivity index (χ1) is 3.72. The average molecular weight is 130 g/mol. The molecule has 1 rings (SSSR count). The van der Waals surface area contributed by atoms with Crippen LogP contribution in [0.5, 0.6) is 0 Å². The van der Waals surface area contributed by atoms with Gasteiger partial charge in [-0.1, -0.05) is 11.8 Å². The number of hydrogen-bond donors (Lipinski definition) is 0. The van der Waals surface area contributed by atoms with Gasteiger partial charge in [0.25, 0.3) is 0 Å². The summed E-state index contributed by atoms with van der Waals surface area (Å²) >= 11 is 1.96. The molecule has 8 heavy (non-hydrogen) atoms. The third kappa shape index (κ3) is 0.895. The maximum Gasteiger partial charge on any atom is 0.207 e. The predicted octanol–water partition coefficient (Wildman–Crippen LogP) is 1.18. The predicted molar refractivity (Wildman–Crippen MR) is 38.8 cm³/mol. The van der Waals surface area contributed by atoms with Gasteiger partial charge < -0.3 is 0 Å². The van der Waals surface area contributed by atoms with Crippen LogP contribution in [0.3, 0.4) is 0 Å². The van der Waals surface area contributed by atoms with Crippen LogP contribution in [0.1, 0.15) is 13.8 Å². The first-order valence-corrected chi connectivity index (χ1v) is 3.89. The van der Waals surface area contributed by atoms with Crippen molar-refractivity contribution in [3.63, 3.8) is 0 Å². The molecule has 0 saturated heterocycles. The fourth-order valence-electron chi connectivity index (χ4n) is 0.765. The van der Waals surface area contributed by atoms with Gasteiger partial charge in [0.1, 0.15) is 7.05 Å². The number of thioether (sulfide) groups is 1. The molecule has 0 aliphatic carbocycles. The van der Waals surface area contributed by atoms with Gasteiger partial charge in [0.05, 0.1) is 5.75 Å². The van der Waals surface area contributed by atoms with E-state index in [0.717, 1.165) is 6.04 Å². The third-order valence-corrected chi connectivity index (χ3v) is 3.05. The first kappa shape index (κ1) is 6.14. The van der Waals surface area contributed by atoms with Crippen LogP contribution in [0.15, 0.2) is 0 Å². The normalized spacial score (nSPS) is 29.6. The van der Waals surface area contributed by atoms with Crippen molar-refractivity contribution in [3.05, 3.63) is 0 Å². The van der Waals surface area contributed by atoms with Crippen LogP contribution in [0.2, 0.25) is 0 Å². The lowest BCUT2D eigenvalue weighted by atomic mass is 10.4. The molecule has 2 heteroatoms. The van der Waals surface area contributed by atoms with Gasteiger partial charge in [0.2, 0.25) is 5.04 Å². The van der Waals surface area contributed by atoms with Crippen molar-refractivity contribution < 1.29 is 4.58 Å². The zero-order valence-corrected chi connectivity index (χ0v) is 6.46. The van der Waals surface area contributed by atoms with E-state index in [2.05, 4.69) is 25.5 Å². The van der Waals surface area contributed by atoms with Crippen LogP contribution < -0.4 is 0 Å². The highest BCUT2D eigenvalue weighted by atomic mass is 32.2. The maximum atomic E-state index is 2.32. The summed E-state index contributed by atoms with van der Waals surface area (Å²) < 4.78 is 2.32. The second-order valence-electron chi connectivity index (χ2n) is 2.29. The lowest BCUT2D eigenvalue weighted by Gasteiger charge is -1.94. The number of rotatable bonds is 0. The summed E-state index contributed by atoms with van der Waals surface area (Å²) in [6.45, 7) is 4.43. The molecule has 0 bridgehead atoms. The van der Waals surface area contributed by atoms with E-state index in [1.165, 1.54) is 10.8 Å².